The summed E-state index contributed by atoms with van der Waals surface area (Å²) in [5.41, 5.74) is 0. The number of hydrogen-bond acceptors (Lipinski definition) is 2. The summed E-state index contributed by atoms with van der Waals surface area (Å²) in [6, 6.07) is 8.19. The molecule has 0 fully saturated rings. The average molecular weight is 224 g/mol. The summed E-state index contributed by atoms with van der Waals surface area (Å²) in [4.78, 5) is 2.80. The molecule has 0 unspecified atom stereocenters. The van der Waals surface area contributed by atoms with Gasteiger partial charge in [0.1, 0.15) is 11.5 Å². The highest BCUT2D eigenvalue weighted by atomic mass is 32.1. The van der Waals surface area contributed by atoms with Gasteiger partial charge in [0.05, 0.1) is 0 Å². The maximum atomic E-state index is 5.08. The van der Waals surface area contributed by atoms with Gasteiger partial charge in [0, 0.05) is 9.75 Å². The van der Waals surface area contributed by atoms with Crippen molar-refractivity contribution < 1.29 is 4.42 Å². The van der Waals surface area contributed by atoms with Crippen LogP contribution in [0.15, 0.2) is 28.7 Å². The predicted molar refractivity (Wildman–Crippen MR) is 68.7 cm³/mol. The molecule has 0 amide bonds. The SMILES string of the molecule is C.Cc1ccc(C)o1.Cc1ccc(C)s1. The van der Waals surface area contributed by atoms with Crippen LogP contribution in [0.5, 0.6) is 0 Å². The Morgan fingerprint density at radius 1 is 0.800 bits per heavy atom. The van der Waals surface area contributed by atoms with Crippen molar-refractivity contribution in [1.82, 2.24) is 0 Å². The Morgan fingerprint density at radius 3 is 1.33 bits per heavy atom. The van der Waals surface area contributed by atoms with Gasteiger partial charge in [-0.3, -0.25) is 0 Å². The fourth-order valence-electron chi connectivity index (χ4n) is 1.11. The van der Waals surface area contributed by atoms with Gasteiger partial charge in [-0.1, -0.05) is 7.43 Å². The van der Waals surface area contributed by atoms with Crippen LogP contribution in [0.1, 0.15) is 28.7 Å². The monoisotopic (exact) mass is 224 g/mol. The predicted octanol–water partition coefficient (Wildman–Crippen LogP) is 4.90. The molecule has 15 heavy (non-hydrogen) atoms. The number of aryl methyl sites for hydroxylation is 4. The molecular weight excluding hydrogens is 204 g/mol. The van der Waals surface area contributed by atoms with E-state index in [-0.39, 0.29) is 7.43 Å². The van der Waals surface area contributed by atoms with Gasteiger partial charge >= 0.3 is 0 Å². The Labute approximate surface area is 96.8 Å². The van der Waals surface area contributed by atoms with Gasteiger partial charge in [0.2, 0.25) is 0 Å². The normalized spacial score (nSPS) is 8.80. The number of rotatable bonds is 0. The summed E-state index contributed by atoms with van der Waals surface area (Å²) in [5.74, 6) is 1.97. The number of hydrogen-bond donors (Lipinski definition) is 0. The van der Waals surface area contributed by atoms with Crippen LogP contribution >= 0.6 is 11.3 Å². The van der Waals surface area contributed by atoms with Crippen LogP contribution in [-0.4, -0.2) is 0 Å². The molecule has 2 rings (SSSR count). The Hall–Kier alpha value is -1.02. The maximum absolute atomic E-state index is 5.08. The third-order valence-electron chi connectivity index (χ3n) is 1.75. The van der Waals surface area contributed by atoms with Gasteiger partial charge in [-0.2, -0.15) is 0 Å². The van der Waals surface area contributed by atoms with Crippen LogP contribution in [0.2, 0.25) is 0 Å². The fourth-order valence-corrected chi connectivity index (χ4v) is 1.89. The van der Waals surface area contributed by atoms with E-state index < -0.39 is 0 Å². The molecule has 0 spiro atoms. The van der Waals surface area contributed by atoms with Gasteiger partial charge in [0.25, 0.3) is 0 Å². The lowest BCUT2D eigenvalue weighted by molar-refractivity contribution is 0.504. The minimum absolute atomic E-state index is 0. The lowest BCUT2D eigenvalue weighted by atomic mass is 10.5. The molecule has 0 aromatic carbocycles. The van der Waals surface area contributed by atoms with Crippen molar-refractivity contribution in [1.29, 1.82) is 0 Å². The molecule has 2 heteroatoms. The van der Waals surface area contributed by atoms with Gasteiger partial charge in [0.15, 0.2) is 0 Å². The third-order valence-corrected chi connectivity index (χ3v) is 2.67. The molecule has 84 valence electrons. The van der Waals surface area contributed by atoms with Crippen LogP contribution < -0.4 is 0 Å². The van der Waals surface area contributed by atoms with Crippen LogP contribution in [-0.2, 0) is 0 Å². The minimum atomic E-state index is 0. The molecule has 2 aromatic heterocycles. The van der Waals surface area contributed by atoms with Gasteiger partial charge in [-0.05, 0) is 52.0 Å². The molecule has 2 aromatic rings. The second-order valence-corrected chi connectivity index (χ2v) is 4.81. The van der Waals surface area contributed by atoms with Crippen molar-refractivity contribution in [3.8, 4) is 0 Å². The van der Waals surface area contributed by atoms with Crippen molar-refractivity contribution in [3.63, 3.8) is 0 Å². The van der Waals surface area contributed by atoms with Crippen LogP contribution in [0.4, 0.5) is 0 Å². The van der Waals surface area contributed by atoms with Crippen LogP contribution in [0, 0.1) is 27.7 Å². The summed E-state index contributed by atoms with van der Waals surface area (Å²) >= 11 is 1.84. The van der Waals surface area contributed by atoms with Crippen molar-refractivity contribution in [2.24, 2.45) is 0 Å². The lowest BCUT2D eigenvalue weighted by Gasteiger charge is -1.76. The van der Waals surface area contributed by atoms with Gasteiger partial charge in [-0.15, -0.1) is 11.3 Å². The molecule has 0 bridgehead atoms. The van der Waals surface area contributed by atoms with E-state index in [1.54, 1.807) is 0 Å². The van der Waals surface area contributed by atoms with Crippen molar-refractivity contribution in [3.05, 3.63) is 45.5 Å². The van der Waals surface area contributed by atoms with E-state index in [1.807, 2.05) is 37.3 Å². The topological polar surface area (TPSA) is 13.1 Å². The van der Waals surface area contributed by atoms with Crippen LogP contribution in [0.25, 0.3) is 0 Å². The summed E-state index contributed by atoms with van der Waals surface area (Å²) in [6.07, 6.45) is 0. The first-order valence-corrected chi connectivity index (χ1v) is 5.45. The molecular formula is C13H20OS. The first kappa shape index (κ1) is 14.0. The van der Waals surface area contributed by atoms with E-state index in [0.29, 0.717) is 0 Å². The summed E-state index contributed by atoms with van der Waals surface area (Å²) in [6.45, 7) is 8.12. The minimum Gasteiger partial charge on any atom is -0.467 e. The standard InChI is InChI=1S/C6H8O.C6H8S.CH4/c2*1-5-3-4-6(2)7-5;/h2*3-4H,1-2H3;1H4. The summed E-state index contributed by atoms with van der Waals surface area (Å²) < 4.78 is 5.08. The molecule has 1 nitrogen and oxygen atoms in total. The van der Waals surface area contributed by atoms with Crippen molar-refractivity contribution in [2.75, 3.05) is 0 Å². The molecule has 0 atom stereocenters. The zero-order valence-corrected chi connectivity index (χ0v) is 9.94. The van der Waals surface area contributed by atoms with Gasteiger partial charge in [-0.25, -0.2) is 0 Å². The Kier molecular flexibility index (Phi) is 6.02. The molecule has 2 heterocycles. The Morgan fingerprint density at radius 2 is 1.20 bits per heavy atom. The number of furan rings is 1. The van der Waals surface area contributed by atoms with E-state index in [4.69, 9.17) is 4.42 Å². The average Bonchev–Trinajstić information content (AvgIpc) is 2.63. The largest absolute Gasteiger partial charge is 0.467 e. The van der Waals surface area contributed by atoms with Crippen LogP contribution in [0.3, 0.4) is 0 Å². The summed E-state index contributed by atoms with van der Waals surface area (Å²) in [7, 11) is 0. The van der Waals surface area contributed by atoms with E-state index in [0.717, 1.165) is 11.5 Å². The highest BCUT2D eigenvalue weighted by molar-refractivity contribution is 7.11. The van der Waals surface area contributed by atoms with E-state index >= 15 is 0 Å². The Bertz CT molecular complexity index is 313. The van der Waals surface area contributed by atoms with E-state index in [9.17, 15) is 0 Å². The molecule has 0 aliphatic carbocycles. The second-order valence-electron chi connectivity index (χ2n) is 3.31. The van der Waals surface area contributed by atoms with Gasteiger partial charge < -0.3 is 4.42 Å². The summed E-state index contributed by atoms with van der Waals surface area (Å²) in [5, 5.41) is 0. The zero-order valence-electron chi connectivity index (χ0n) is 9.13. The quantitative estimate of drug-likeness (QED) is 0.620. The third kappa shape index (κ3) is 5.43. The first-order chi connectivity index (χ1) is 6.58. The smallest absolute Gasteiger partial charge is 0.101 e. The van der Waals surface area contributed by atoms with E-state index in [1.165, 1.54) is 9.75 Å². The highest BCUT2D eigenvalue weighted by Gasteiger charge is 1.85. The molecule has 0 aliphatic heterocycles. The molecule has 0 saturated heterocycles. The lowest BCUT2D eigenvalue weighted by Crippen LogP contribution is -1.53. The number of thiophene rings is 1. The molecule has 0 N–H and O–H groups in total. The zero-order chi connectivity index (χ0) is 10.6. The highest BCUT2D eigenvalue weighted by Crippen LogP contribution is 2.12. The first-order valence-electron chi connectivity index (χ1n) is 4.64. The second kappa shape index (κ2) is 6.46. The Balaban J connectivity index is 0.000000245. The van der Waals surface area contributed by atoms with Crippen molar-refractivity contribution >= 4 is 11.3 Å². The van der Waals surface area contributed by atoms with Crippen molar-refractivity contribution in [2.45, 2.75) is 35.1 Å². The molecule has 0 aliphatic rings. The maximum Gasteiger partial charge on any atom is 0.101 e. The molecule has 0 saturated carbocycles. The fraction of sp³-hybridized carbons (Fsp3) is 0.385. The van der Waals surface area contributed by atoms with E-state index in [2.05, 4.69) is 26.0 Å². The molecule has 0 radical (unpaired) electrons.